The fourth-order valence-electron chi connectivity index (χ4n) is 1.01. The molecule has 0 saturated heterocycles. The number of halogens is 2. The minimum absolute atomic E-state index is 0.0183. The van der Waals surface area contributed by atoms with Crippen LogP contribution in [-0.2, 0) is 0 Å². The Morgan fingerprint density at radius 1 is 1.38 bits per heavy atom. The number of aliphatic hydroxyl groups excluding tert-OH is 2. The van der Waals surface area contributed by atoms with Crippen LogP contribution in [0.2, 0.25) is 10.0 Å². The second kappa shape index (κ2) is 6.06. The van der Waals surface area contributed by atoms with Gasteiger partial charge >= 0.3 is 0 Å². The summed E-state index contributed by atoms with van der Waals surface area (Å²) in [5, 5.41) is 20.7. The Bertz CT molecular complexity index is 384. The number of rotatable bonds is 4. The second-order valence-electron chi connectivity index (χ2n) is 3.18. The predicted octanol–water partition coefficient (Wildman–Crippen LogP) is 1.08. The largest absolute Gasteiger partial charge is 0.394 e. The van der Waals surface area contributed by atoms with Crippen LogP contribution >= 0.6 is 23.2 Å². The molecule has 1 amide bonds. The third-order valence-corrected chi connectivity index (χ3v) is 2.63. The summed E-state index contributed by atoms with van der Waals surface area (Å²) in [5.41, 5.74) is 0.347. The SMILES string of the molecule is O=C(NCC(O)CO)c1ccc(Cl)c(Cl)c1. The summed E-state index contributed by atoms with van der Waals surface area (Å²) in [4.78, 5) is 11.5. The first-order chi connectivity index (χ1) is 7.54. The summed E-state index contributed by atoms with van der Waals surface area (Å²) < 4.78 is 0. The predicted molar refractivity (Wildman–Crippen MR) is 61.9 cm³/mol. The standard InChI is InChI=1S/C10H11Cl2NO3/c11-8-2-1-6(3-9(8)12)10(16)13-4-7(15)5-14/h1-3,7,14-15H,4-5H2,(H,13,16). The molecule has 16 heavy (non-hydrogen) atoms. The number of amides is 1. The fourth-order valence-corrected chi connectivity index (χ4v) is 1.31. The highest BCUT2D eigenvalue weighted by Crippen LogP contribution is 2.22. The normalized spacial score (nSPS) is 12.2. The number of nitrogens with one attached hydrogen (secondary N) is 1. The minimum Gasteiger partial charge on any atom is -0.394 e. The molecule has 0 aliphatic carbocycles. The van der Waals surface area contributed by atoms with E-state index in [0.29, 0.717) is 10.6 Å². The van der Waals surface area contributed by atoms with Crippen molar-refractivity contribution in [2.45, 2.75) is 6.10 Å². The molecule has 0 radical (unpaired) electrons. The molecule has 1 unspecified atom stereocenters. The third kappa shape index (κ3) is 3.64. The molecule has 0 aromatic heterocycles. The summed E-state index contributed by atoms with van der Waals surface area (Å²) in [7, 11) is 0. The molecule has 0 spiro atoms. The first kappa shape index (κ1) is 13.3. The topological polar surface area (TPSA) is 69.6 Å². The van der Waals surface area contributed by atoms with E-state index in [4.69, 9.17) is 33.4 Å². The first-order valence-corrected chi connectivity index (χ1v) is 5.32. The lowest BCUT2D eigenvalue weighted by Crippen LogP contribution is -2.33. The molecule has 1 rings (SSSR count). The van der Waals surface area contributed by atoms with Gasteiger partial charge in [-0.15, -0.1) is 0 Å². The summed E-state index contributed by atoms with van der Waals surface area (Å²) in [6, 6.07) is 4.47. The number of hydrogen-bond donors (Lipinski definition) is 3. The summed E-state index contributed by atoms with van der Waals surface area (Å²) >= 11 is 11.4. The zero-order valence-electron chi connectivity index (χ0n) is 8.28. The Labute approximate surface area is 103 Å². The average Bonchev–Trinajstić information content (AvgIpc) is 2.29. The van der Waals surface area contributed by atoms with Crippen molar-refractivity contribution in [2.24, 2.45) is 0 Å². The van der Waals surface area contributed by atoms with Crippen LogP contribution in [0.15, 0.2) is 18.2 Å². The average molecular weight is 264 g/mol. The molecule has 0 bridgehead atoms. The molecule has 4 nitrogen and oxygen atoms in total. The molecule has 88 valence electrons. The van der Waals surface area contributed by atoms with E-state index in [1.807, 2.05) is 0 Å². The zero-order valence-corrected chi connectivity index (χ0v) is 9.79. The number of carbonyl (C=O) groups excluding carboxylic acids is 1. The molecule has 0 saturated carbocycles. The highest BCUT2D eigenvalue weighted by molar-refractivity contribution is 6.42. The van der Waals surface area contributed by atoms with Crippen LogP contribution in [0.3, 0.4) is 0 Å². The Morgan fingerprint density at radius 2 is 2.06 bits per heavy atom. The maximum absolute atomic E-state index is 11.5. The second-order valence-corrected chi connectivity index (χ2v) is 3.99. The fraction of sp³-hybridized carbons (Fsp3) is 0.300. The van der Waals surface area contributed by atoms with Crippen molar-refractivity contribution in [3.63, 3.8) is 0 Å². The van der Waals surface area contributed by atoms with Crippen LogP contribution in [0.4, 0.5) is 0 Å². The molecular formula is C10H11Cl2NO3. The van der Waals surface area contributed by atoms with Crippen molar-refractivity contribution in [1.82, 2.24) is 5.32 Å². The number of hydrogen-bond acceptors (Lipinski definition) is 3. The van der Waals surface area contributed by atoms with Gasteiger partial charge in [0.15, 0.2) is 0 Å². The van der Waals surface area contributed by atoms with Crippen molar-refractivity contribution in [2.75, 3.05) is 13.2 Å². The monoisotopic (exact) mass is 263 g/mol. The zero-order chi connectivity index (χ0) is 12.1. The highest BCUT2D eigenvalue weighted by atomic mass is 35.5. The Kier molecular flexibility index (Phi) is 5.02. The number of aliphatic hydroxyl groups is 2. The third-order valence-electron chi connectivity index (χ3n) is 1.89. The van der Waals surface area contributed by atoms with E-state index in [0.717, 1.165) is 0 Å². The number of carbonyl (C=O) groups is 1. The Hall–Kier alpha value is -0.810. The minimum atomic E-state index is -0.966. The van der Waals surface area contributed by atoms with Crippen LogP contribution in [0.5, 0.6) is 0 Å². The van der Waals surface area contributed by atoms with Crippen LogP contribution in [0, 0.1) is 0 Å². The van der Waals surface area contributed by atoms with E-state index < -0.39 is 12.7 Å². The van der Waals surface area contributed by atoms with Crippen LogP contribution in [0.25, 0.3) is 0 Å². The smallest absolute Gasteiger partial charge is 0.251 e. The molecule has 6 heteroatoms. The quantitative estimate of drug-likeness (QED) is 0.762. The molecule has 3 N–H and O–H groups in total. The van der Waals surface area contributed by atoms with Gasteiger partial charge in [-0.05, 0) is 18.2 Å². The van der Waals surface area contributed by atoms with Crippen molar-refractivity contribution in [1.29, 1.82) is 0 Å². The lowest BCUT2D eigenvalue weighted by atomic mass is 10.2. The summed E-state index contributed by atoms with van der Waals surface area (Å²) in [6.45, 7) is -0.419. The van der Waals surface area contributed by atoms with Crippen LogP contribution < -0.4 is 5.32 Å². The van der Waals surface area contributed by atoms with Crippen molar-refractivity contribution in [3.05, 3.63) is 33.8 Å². The van der Waals surface area contributed by atoms with Crippen LogP contribution in [-0.4, -0.2) is 35.4 Å². The molecule has 0 fully saturated rings. The first-order valence-electron chi connectivity index (χ1n) is 4.56. The van der Waals surface area contributed by atoms with E-state index in [-0.39, 0.29) is 17.5 Å². The molecule has 1 aromatic carbocycles. The van der Waals surface area contributed by atoms with Crippen LogP contribution in [0.1, 0.15) is 10.4 Å². The van der Waals surface area contributed by atoms with E-state index in [2.05, 4.69) is 5.32 Å². The molecule has 0 heterocycles. The lowest BCUT2D eigenvalue weighted by molar-refractivity contribution is 0.0802. The van der Waals surface area contributed by atoms with Crippen molar-refractivity contribution < 1.29 is 15.0 Å². The van der Waals surface area contributed by atoms with Gasteiger partial charge in [0.05, 0.1) is 22.8 Å². The molecule has 1 aromatic rings. The van der Waals surface area contributed by atoms with Crippen molar-refractivity contribution >= 4 is 29.1 Å². The number of benzene rings is 1. The summed E-state index contributed by atoms with van der Waals surface area (Å²) in [6.07, 6.45) is -0.966. The molecule has 1 atom stereocenters. The maximum Gasteiger partial charge on any atom is 0.251 e. The van der Waals surface area contributed by atoms with Gasteiger partial charge in [-0.3, -0.25) is 4.79 Å². The Morgan fingerprint density at radius 3 is 2.62 bits per heavy atom. The van der Waals surface area contributed by atoms with Crippen molar-refractivity contribution in [3.8, 4) is 0 Å². The molecule has 0 aliphatic rings. The van der Waals surface area contributed by atoms with E-state index >= 15 is 0 Å². The molecular weight excluding hydrogens is 253 g/mol. The highest BCUT2D eigenvalue weighted by Gasteiger charge is 2.09. The van der Waals surface area contributed by atoms with Gasteiger partial charge in [-0.25, -0.2) is 0 Å². The van der Waals surface area contributed by atoms with Gasteiger partial charge in [0, 0.05) is 12.1 Å². The van der Waals surface area contributed by atoms with Gasteiger partial charge in [-0.2, -0.15) is 0 Å². The van der Waals surface area contributed by atoms with Gasteiger partial charge in [0.2, 0.25) is 0 Å². The lowest BCUT2D eigenvalue weighted by Gasteiger charge is -2.09. The van der Waals surface area contributed by atoms with Gasteiger partial charge in [0.1, 0.15) is 0 Å². The molecule has 0 aliphatic heterocycles. The van der Waals surface area contributed by atoms with Gasteiger partial charge in [0.25, 0.3) is 5.91 Å². The van der Waals surface area contributed by atoms with E-state index in [1.165, 1.54) is 18.2 Å². The maximum atomic E-state index is 11.5. The van der Waals surface area contributed by atoms with E-state index in [9.17, 15) is 4.79 Å². The van der Waals surface area contributed by atoms with E-state index in [1.54, 1.807) is 0 Å². The van der Waals surface area contributed by atoms with Gasteiger partial charge in [-0.1, -0.05) is 23.2 Å². The Balaban J connectivity index is 2.63. The van der Waals surface area contributed by atoms with Gasteiger partial charge < -0.3 is 15.5 Å². The summed E-state index contributed by atoms with van der Waals surface area (Å²) in [5.74, 6) is -0.383.